The molecule has 5 rings (SSSR count). The maximum atomic E-state index is 13.3. The van der Waals surface area contributed by atoms with Crippen molar-refractivity contribution in [1.82, 2.24) is 30.1 Å². The van der Waals surface area contributed by atoms with Gasteiger partial charge in [-0.1, -0.05) is 30.3 Å². The Morgan fingerprint density at radius 3 is 2.81 bits per heavy atom. The number of tetrazole rings is 1. The van der Waals surface area contributed by atoms with E-state index in [2.05, 4.69) is 20.5 Å². The number of amides is 1. The summed E-state index contributed by atoms with van der Waals surface area (Å²) in [6, 6.07) is 19.7. The molecule has 0 aliphatic carbocycles. The van der Waals surface area contributed by atoms with Gasteiger partial charge in [-0.15, -0.1) is 16.4 Å². The number of pyridine rings is 1. The normalized spacial score (nSPS) is 11.0. The fourth-order valence-corrected chi connectivity index (χ4v) is 4.32. The van der Waals surface area contributed by atoms with Gasteiger partial charge >= 0.3 is 0 Å². The van der Waals surface area contributed by atoms with Gasteiger partial charge in [0.2, 0.25) is 0 Å². The average molecular weight is 427 g/mol. The van der Waals surface area contributed by atoms with Crippen LogP contribution in [0.5, 0.6) is 0 Å². The molecule has 0 spiro atoms. The fourth-order valence-electron chi connectivity index (χ4n) is 3.57. The van der Waals surface area contributed by atoms with Gasteiger partial charge in [-0.3, -0.25) is 9.78 Å². The molecular formula is C23H18N6OS. The van der Waals surface area contributed by atoms with Crippen LogP contribution in [-0.2, 0) is 6.54 Å². The highest BCUT2D eigenvalue weighted by atomic mass is 32.1. The van der Waals surface area contributed by atoms with Crippen LogP contribution in [0.1, 0.15) is 15.2 Å². The zero-order valence-corrected chi connectivity index (χ0v) is 17.5. The van der Waals surface area contributed by atoms with Crippen LogP contribution in [0.25, 0.3) is 27.7 Å². The minimum atomic E-state index is -0.0715. The highest BCUT2D eigenvalue weighted by Gasteiger charge is 2.17. The number of hydrogen-bond acceptors (Lipinski definition) is 6. The molecule has 0 saturated carbocycles. The summed E-state index contributed by atoms with van der Waals surface area (Å²) in [5.41, 5.74) is 3.98. The van der Waals surface area contributed by atoms with Gasteiger partial charge < -0.3 is 4.90 Å². The summed E-state index contributed by atoms with van der Waals surface area (Å²) in [6.45, 7) is 0.552. The minimum absolute atomic E-state index is 0.0715. The Hall–Kier alpha value is -3.91. The summed E-state index contributed by atoms with van der Waals surface area (Å²) in [5.74, 6) is -0.0715. The maximum Gasteiger partial charge on any atom is 0.254 e. The lowest BCUT2D eigenvalue weighted by molar-refractivity contribution is 0.0786. The first-order valence-electron chi connectivity index (χ1n) is 9.69. The van der Waals surface area contributed by atoms with Gasteiger partial charge in [0.1, 0.15) is 6.33 Å². The van der Waals surface area contributed by atoms with Crippen molar-refractivity contribution >= 4 is 28.1 Å². The molecule has 3 heterocycles. The number of aromatic nitrogens is 5. The lowest BCUT2D eigenvalue weighted by atomic mass is 9.98. The van der Waals surface area contributed by atoms with Crippen molar-refractivity contribution < 1.29 is 4.79 Å². The minimum Gasteiger partial charge on any atom is -0.337 e. The van der Waals surface area contributed by atoms with E-state index in [1.807, 2.05) is 73.1 Å². The van der Waals surface area contributed by atoms with Gasteiger partial charge in [-0.2, -0.15) is 0 Å². The van der Waals surface area contributed by atoms with Crippen LogP contribution in [0.3, 0.4) is 0 Å². The molecule has 0 saturated heterocycles. The van der Waals surface area contributed by atoms with Crippen LogP contribution in [0.4, 0.5) is 0 Å². The van der Waals surface area contributed by atoms with Crippen molar-refractivity contribution in [2.75, 3.05) is 7.05 Å². The molecule has 152 valence electrons. The first-order chi connectivity index (χ1) is 15.2. The molecule has 0 radical (unpaired) electrons. The highest BCUT2D eigenvalue weighted by molar-refractivity contribution is 7.09. The Morgan fingerprint density at radius 2 is 2.00 bits per heavy atom. The SMILES string of the molecule is CN(Cc1cccs1)C(=O)c1cc(-c2cccc3cccnc23)cc(-n2cnnn2)c1. The standard InChI is InChI=1S/C23H18N6OS/c1-28(14-20-7-4-10-31-20)23(30)18-11-17(12-19(13-18)29-15-25-26-27-29)21-8-2-5-16-6-3-9-24-22(16)21/h2-13,15H,14H2,1H3. The van der Waals surface area contributed by atoms with E-state index in [0.717, 1.165) is 26.9 Å². The van der Waals surface area contributed by atoms with E-state index >= 15 is 0 Å². The van der Waals surface area contributed by atoms with Gasteiger partial charge in [0.25, 0.3) is 5.91 Å². The van der Waals surface area contributed by atoms with Gasteiger partial charge in [0, 0.05) is 34.6 Å². The summed E-state index contributed by atoms with van der Waals surface area (Å²) < 4.78 is 1.55. The van der Waals surface area contributed by atoms with Gasteiger partial charge in [0.15, 0.2) is 0 Å². The monoisotopic (exact) mass is 426 g/mol. The Balaban J connectivity index is 1.62. The van der Waals surface area contributed by atoms with Crippen LogP contribution in [0, 0.1) is 0 Å². The molecule has 0 N–H and O–H groups in total. The summed E-state index contributed by atoms with van der Waals surface area (Å²) >= 11 is 1.63. The lowest BCUT2D eigenvalue weighted by Crippen LogP contribution is -2.26. The summed E-state index contributed by atoms with van der Waals surface area (Å²) in [7, 11) is 1.81. The average Bonchev–Trinajstić information content (AvgIpc) is 3.52. The zero-order chi connectivity index (χ0) is 21.2. The molecule has 5 aromatic rings. The largest absolute Gasteiger partial charge is 0.337 e. The topological polar surface area (TPSA) is 76.8 Å². The quantitative estimate of drug-likeness (QED) is 0.421. The highest BCUT2D eigenvalue weighted by Crippen LogP contribution is 2.30. The van der Waals surface area contributed by atoms with Crippen molar-refractivity contribution in [3.05, 3.63) is 89.0 Å². The second kappa shape index (κ2) is 8.08. The molecule has 2 aromatic carbocycles. The summed E-state index contributed by atoms with van der Waals surface area (Å²) in [4.78, 5) is 20.7. The number of fused-ring (bicyclic) bond motifs is 1. The number of thiophene rings is 1. The Morgan fingerprint density at radius 1 is 1.10 bits per heavy atom. The van der Waals surface area contributed by atoms with Crippen molar-refractivity contribution in [3.63, 3.8) is 0 Å². The van der Waals surface area contributed by atoms with Gasteiger partial charge in [0.05, 0.1) is 17.7 Å². The van der Waals surface area contributed by atoms with Crippen molar-refractivity contribution in [3.8, 4) is 16.8 Å². The zero-order valence-electron chi connectivity index (χ0n) is 16.7. The lowest BCUT2D eigenvalue weighted by Gasteiger charge is -2.18. The third kappa shape index (κ3) is 3.80. The van der Waals surface area contributed by atoms with E-state index in [4.69, 9.17) is 0 Å². The smallest absolute Gasteiger partial charge is 0.254 e. The van der Waals surface area contributed by atoms with E-state index in [0.29, 0.717) is 17.8 Å². The first kappa shape index (κ1) is 19.1. The van der Waals surface area contributed by atoms with E-state index in [-0.39, 0.29) is 5.91 Å². The number of carbonyl (C=O) groups excluding carboxylic acids is 1. The summed E-state index contributed by atoms with van der Waals surface area (Å²) in [5, 5.41) is 14.5. The number of rotatable bonds is 5. The van der Waals surface area contributed by atoms with Crippen molar-refractivity contribution in [2.45, 2.75) is 6.54 Å². The molecule has 8 heteroatoms. The molecule has 0 bridgehead atoms. The van der Waals surface area contributed by atoms with Crippen molar-refractivity contribution in [2.24, 2.45) is 0 Å². The predicted octanol–water partition coefficient (Wildman–Crippen LogP) is 4.21. The van der Waals surface area contributed by atoms with Crippen LogP contribution in [0.2, 0.25) is 0 Å². The van der Waals surface area contributed by atoms with Crippen LogP contribution < -0.4 is 0 Å². The van der Waals surface area contributed by atoms with E-state index in [9.17, 15) is 4.79 Å². The molecule has 0 atom stereocenters. The number of carbonyl (C=O) groups is 1. The number of hydrogen-bond donors (Lipinski definition) is 0. The predicted molar refractivity (Wildman–Crippen MR) is 120 cm³/mol. The second-order valence-corrected chi connectivity index (χ2v) is 8.18. The fraction of sp³-hybridized carbons (Fsp3) is 0.0870. The number of nitrogens with zero attached hydrogens (tertiary/aromatic N) is 6. The van der Waals surface area contributed by atoms with Crippen LogP contribution in [-0.4, -0.2) is 43.0 Å². The molecule has 3 aromatic heterocycles. The molecule has 7 nitrogen and oxygen atoms in total. The van der Waals surface area contributed by atoms with Crippen LogP contribution in [0.15, 0.2) is 78.6 Å². The first-order valence-corrected chi connectivity index (χ1v) is 10.6. The Kier molecular flexibility index (Phi) is 4.97. The van der Waals surface area contributed by atoms with E-state index < -0.39 is 0 Å². The van der Waals surface area contributed by atoms with Crippen LogP contribution >= 0.6 is 11.3 Å². The number of benzene rings is 2. The molecule has 0 unspecified atom stereocenters. The second-order valence-electron chi connectivity index (χ2n) is 7.14. The molecule has 0 aliphatic rings. The van der Waals surface area contributed by atoms with Gasteiger partial charge in [-0.05, 0) is 51.7 Å². The molecule has 0 aliphatic heterocycles. The Bertz CT molecular complexity index is 1340. The van der Waals surface area contributed by atoms with Gasteiger partial charge in [-0.25, -0.2) is 4.68 Å². The number of para-hydroxylation sites is 1. The van der Waals surface area contributed by atoms with E-state index in [1.165, 1.54) is 6.33 Å². The summed E-state index contributed by atoms with van der Waals surface area (Å²) in [6.07, 6.45) is 3.29. The molecule has 0 fully saturated rings. The van der Waals surface area contributed by atoms with Crippen molar-refractivity contribution in [1.29, 1.82) is 0 Å². The maximum absolute atomic E-state index is 13.3. The molecular weight excluding hydrogens is 408 g/mol. The van der Waals surface area contributed by atoms with E-state index in [1.54, 1.807) is 27.1 Å². The third-order valence-electron chi connectivity index (χ3n) is 5.04. The molecule has 31 heavy (non-hydrogen) atoms. The molecule has 1 amide bonds. The Labute approximate surface area is 182 Å². The third-order valence-corrected chi connectivity index (χ3v) is 5.90.